The van der Waals surface area contributed by atoms with E-state index in [1.165, 1.54) is 25.3 Å². The molecular formula is C17H13N3O6. The molecule has 0 unspecified atom stereocenters. The zero-order valence-electron chi connectivity index (χ0n) is 13.6. The average Bonchev–Trinajstić information content (AvgIpc) is 3.15. The van der Waals surface area contributed by atoms with Crippen molar-refractivity contribution in [3.8, 4) is 17.1 Å². The van der Waals surface area contributed by atoms with Gasteiger partial charge in [-0.25, -0.2) is 4.79 Å². The fourth-order valence-corrected chi connectivity index (χ4v) is 2.21. The smallest absolute Gasteiger partial charge is 0.338 e. The number of aromatic nitrogens is 2. The molecule has 0 saturated carbocycles. The molecule has 0 radical (unpaired) electrons. The molecule has 0 atom stereocenters. The first-order valence-corrected chi connectivity index (χ1v) is 7.46. The summed E-state index contributed by atoms with van der Waals surface area (Å²) in [5, 5.41) is 14.6. The Labute approximate surface area is 147 Å². The Morgan fingerprint density at radius 3 is 2.81 bits per heavy atom. The van der Waals surface area contributed by atoms with E-state index in [2.05, 4.69) is 10.1 Å². The SMILES string of the molecule is COc1ccccc1-c1noc(COC(=O)c2cccc([N+](=O)[O-])c2)n1. The molecule has 0 bridgehead atoms. The number of benzene rings is 2. The normalized spacial score (nSPS) is 10.3. The topological polar surface area (TPSA) is 118 Å². The summed E-state index contributed by atoms with van der Waals surface area (Å²) in [6.45, 7) is -0.260. The van der Waals surface area contributed by atoms with E-state index < -0.39 is 10.9 Å². The molecule has 0 saturated heterocycles. The molecule has 3 aromatic rings. The number of hydrogen-bond donors (Lipinski definition) is 0. The molecule has 9 heteroatoms. The number of ether oxygens (including phenoxy) is 2. The molecule has 0 aliphatic rings. The van der Waals surface area contributed by atoms with Crippen LogP contribution in [0.3, 0.4) is 0 Å². The standard InChI is InChI=1S/C17H13N3O6/c1-24-14-8-3-2-7-13(14)16-18-15(26-19-16)10-25-17(21)11-5-4-6-12(9-11)20(22)23/h2-9H,10H2,1H3. The summed E-state index contributed by atoms with van der Waals surface area (Å²) in [6, 6.07) is 12.4. The van der Waals surface area contributed by atoms with E-state index in [-0.39, 0.29) is 23.7 Å². The highest BCUT2D eigenvalue weighted by Gasteiger charge is 2.16. The van der Waals surface area contributed by atoms with Gasteiger partial charge in [-0.1, -0.05) is 23.4 Å². The predicted molar refractivity (Wildman–Crippen MR) is 88.5 cm³/mol. The van der Waals surface area contributed by atoms with Gasteiger partial charge in [0.1, 0.15) is 5.75 Å². The van der Waals surface area contributed by atoms with Crippen molar-refractivity contribution < 1.29 is 23.7 Å². The first-order chi connectivity index (χ1) is 12.6. The van der Waals surface area contributed by atoms with Gasteiger partial charge in [-0.3, -0.25) is 10.1 Å². The van der Waals surface area contributed by atoms with Gasteiger partial charge in [0.25, 0.3) is 11.6 Å². The van der Waals surface area contributed by atoms with Crippen molar-refractivity contribution in [2.75, 3.05) is 7.11 Å². The molecule has 0 aliphatic carbocycles. The molecule has 0 spiro atoms. The van der Waals surface area contributed by atoms with E-state index in [4.69, 9.17) is 14.0 Å². The Morgan fingerprint density at radius 1 is 1.23 bits per heavy atom. The van der Waals surface area contributed by atoms with Crippen LogP contribution in [0.15, 0.2) is 53.1 Å². The van der Waals surface area contributed by atoms with Crippen molar-refractivity contribution >= 4 is 11.7 Å². The molecule has 9 nitrogen and oxygen atoms in total. The van der Waals surface area contributed by atoms with Gasteiger partial charge in [-0.15, -0.1) is 0 Å². The molecule has 0 amide bonds. The van der Waals surface area contributed by atoms with Crippen LogP contribution in [0, 0.1) is 10.1 Å². The number of esters is 1. The lowest BCUT2D eigenvalue weighted by molar-refractivity contribution is -0.384. The Kier molecular flexibility index (Phi) is 4.88. The van der Waals surface area contributed by atoms with Crippen molar-refractivity contribution in [2.45, 2.75) is 6.61 Å². The third-order valence-corrected chi connectivity index (χ3v) is 3.44. The van der Waals surface area contributed by atoms with Gasteiger partial charge in [-0.2, -0.15) is 4.98 Å². The first-order valence-electron chi connectivity index (χ1n) is 7.46. The number of non-ortho nitro benzene ring substituents is 1. The van der Waals surface area contributed by atoms with E-state index in [1.54, 1.807) is 18.2 Å². The highest BCUT2D eigenvalue weighted by molar-refractivity contribution is 5.90. The molecule has 2 aromatic carbocycles. The van der Waals surface area contributed by atoms with Crippen LogP contribution >= 0.6 is 0 Å². The van der Waals surface area contributed by atoms with E-state index in [1.807, 2.05) is 6.07 Å². The van der Waals surface area contributed by atoms with Gasteiger partial charge in [0.15, 0.2) is 6.61 Å². The molecule has 0 aliphatic heterocycles. The minimum absolute atomic E-state index is 0.0590. The van der Waals surface area contributed by atoms with Crippen LogP contribution < -0.4 is 4.74 Å². The third-order valence-electron chi connectivity index (χ3n) is 3.44. The number of nitro benzene ring substituents is 1. The summed E-state index contributed by atoms with van der Waals surface area (Å²) in [4.78, 5) is 26.3. The lowest BCUT2D eigenvalue weighted by Crippen LogP contribution is -2.06. The molecule has 3 rings (SSSR count). The number of carbonyl (C=O) groups is 1. The fraction of sp³-hybridized carbons (Fsp3) is 0.118. The summed E-state index contributed by atoms with van der Waals surface area (Å²) in [6.07, 6.45) is 0. The van der Waals surface area contributed by atoms with Gasteiger partial charge in [0.05, 0.1) is 23.2 Å². The fourth-order valence-electron chi connectivity index (χ4n) is 2.21. The van der Waals surface area contributed by atoms with Crippen LogP contribution in [0.25, 0.3) is 11.4 Å². The van der Waals surface area contributed by atoms with Crippen molar-refractivity contribution in [1.29, 1.82) is 0 Å². The average molecular weight is 355 g/mol. The molecule has 132 valence electrons. The van der Waals surface area contributed by atoms with Crippen LogP contribution in [-0.4, -0.2) is 28.1 Å². The highest BCUT2D eigenvalue weighted by Crippen LogP contribution is 2.27. The summed E-state index contributed by atoms with van der Waals surface area (Å²) < 4.78 is 15.4. The summed E-state index contributed by atoms with van der Waals surface area (Å²) in [7, 11) is 1.53. The van der Waals surface area contributed by atoms with Gasteiger partial charge >= 0.3 is 5.97 Å². The maximum atomic E-state index is 12.0. The van der Waals surface area contributed by atoms with Crippen LogP contribution in [0.2, 0.25) is 0 Å². The summed E-state index contributed by atoms with van der Waals surface area (Å²) in [5.74, 6) is 0.229. The Balaban J connectivity index is 1.69. The minimum atomic E-state index is -0.731. The van der Waals surface area contributed by atoms with Gasteiger partial charge in [0.2, 0.25) is 5.82 Å². The van der Waals surface area contributed by atoms with Crippen LogP contribution in [-0.2, 0) is 11.3 Å². The second-order valence-electron chi connectivity index (χ2n) is 5.10. The Hall–Kier alpha value is -3.75. The number of hydrogen-bond acceptors (Lipinski definition) is 8. The number of rotatable bonds is 6. The lowest BCUT2D eigenvalue weighted by Gasteiger charge is -2.03. The summed E-state index contributed by atoms with van der Waals surface area (Å²) >= 11 is 0. The van der Waals surface area contributed by atoms with Crippen LogP contribution in [0.5, 0.6) is 5.75 Å². The van der Waals surface area contributed by atoms with E-state index in [0.717, 1.165) is 6.07 Å². The maximum absolute atomic E-state index is 12.0. The van der Waals surface area contributed by atoms with Crippen molar-refractivity contribution in [3.63, 3.8) is 0 Å². The monoisotopic (exact) mass is 355 g/mol. The van der Waals surface area contributed by atoms with Crippen LogP contribution in [0.1, 0.15) is 16.2 Å². The number of para-hydroxylation sites is 1. The minimum Gasteiger partial charge on any atom is -0.496 e. The van der Waals surface area contributed by atoms with E-state index in [9.17, 15) is 14.9 Å². The van der Waals surface area contributed by atoms with Gasteiger partial charge < -0.3 is 14.0 Å². The van der Waals surface area contributed by atoms with Crippen molar-refractivity contribution in [1.82, 2.24) is 10.1 Å². The van der Waals surface area contributed by atoms with Crippen LogP contribution in [0.4, 0.5) is 5.69 Å². The molecule has 0 N–H and O–H groups in total. The first kappa shape index (κ1) is 17.1. The number of methoxy groups -OCH3 is 1. The van der Waals surface area contributed by atoms with Crippen molar-refractivity contribution in [3.05, 3.63) is 70.1 Å². The number of nitro groups is 1. The predicted octanol–water partition coefficient (Wildman–Crippen LogP) is 3.01. The van der Waals surface area contributed by atoms with Gasteiger partial charge in [-0.05, 0) is 18.2 Å². The Morgan fingerprint density at radius 2 is 2.04 bits per heavy atom. The quantitative estimate of drug-likeness (QED) is 0.376. The molecule has 1 aromatic heterocycles. The summed E-state index contributed by atoms with van der Waals surface area (Å²) in [5.41, 5.74) is 0.495. The maximum Gasteiger partial charge on any atom is 0.338 e. The highest BCUT2D eigenvalue weighted by atomic mass is 16.6. The second-order valence-corrected chi connectivity index (χ2v) is 5.10. The third kappa shape index (κ3) is 3.66. The molecular weight excluding hydrogens is 342 g/mol. The molecule has 1 heterocycles. The number of carbonyl (C=O) groups excluding carboxylic acids is 1. The number of nitrogens with zero attached hydrogens (tertiary/aromatic N) is 3. The zero-order chi connectivity index (χ0) is 18.5. The molecule has 26 heavy (non-hydrogen) atoms. The van der Waals surface area contributed by atoms with E-state index >= 15 is 0 Å². The zero-order valence-corrected chi connectivity index (χ0v) is 13.6. The molecule has 0 fully saturated rings. The Bertz CT molecular complexity index is 953. The van der Waals surface area contributed by atoms with Gasteiger partial charge in [0, 0.05) is 12.1 Å². The lowest BCUT2D eigenvalue weighted by atomic mass is 10.2. The van der Waals surface area contributed by atoms with Crippen molar-refractivity contribution in [2.24, 2.45) is 0 Å². The van der Waals surface area contributed by atoms with E-state index in [0.29, 0.717) is 17.1 Å². The second kappa shape index (κ2) is 7.43. The largest absolute Gasteiger partial charge is 0.496 e.